The molecule has 0 spiro atoms. The van der Waals surface area contributed by atoms with Crippen LogP contribution >= 0.6 is 0 Å². The molecule has 0 amide bonds. The van der Waals surface area contributed by atoms with Crippen LogP contribution < -0.4 is 4.57 Å². The van der Waals surface area contributed by atoms with Gasteiger partial charge in [-0.25, -0.2) is 4.57 Å². The lowest BCUT2D eigenvalue weighted by Gasteiger charge is -2.28. The highest BCUT2D eigenvalue weighted by molar-refractivity contribution is 6.14. The van der Waals surface area contributed by atoms with E-state index in [9.17, 15) is 5.26 Å². The summed E-state index contributed by atoms with van der Waals surface area (Å²) >= 11 is 0. The van der Waals surface area contributed by atoms with Crippen LogP contribution in [0.4, 0.5) is 0 Å². The SMILES string of the molecule is Cc1ccc2c(oc3c(-c4cccc5c4CCC5C4CCCCC4)c(C#N)ccc32)c1-c1cccc[n+]1C. The van der Waals surface area contributed by atoms with Crippen molar-refractivity contribution < 1.29 is 8.98 Å². The van der Waals surface area contributed by atoms with Gasteiger partial charge in [0.05, 0.1) is 17.2 Å². The highest BCUT2D eigenvalue weighted by Crippen LogP contribution is 2.49. The second kappa shape index (κ2) is 9.14. The summed E-state index contributed by atoms with van der Waals surface area (Å²) in [7, 11) is 2.07. The molecule has 3 heteroatoms. The summed E-state index contributed by atoms with van der Waals surface area (Å²) in [5.74, 6) is 1.45. The molecule has 0 saturated heterocycles. The highest BCUT2D eigenvalue weighted by atomic mass is 16.3. The first-order valence-corrected chi connectivity index (χ1v) is 14.1. The van der Waals surface area contributed by atoms with Crippen molar-refractivity contribution in [2.24, 2.45) is 13.0 Å². The molecule has 0 radical (unpaired) electrons. The molecule has 1 unspecified atom stereocenters. The molecular formula is C35H33N2O+. The number of aromatic nitrogens is 1. The van der Waals surface area contributed by atoms with Crippen LogP contribution in [0.15, 0.2) is 71.3 Å². The topological polar surface area (TPSA) is 40.8 Å². The molecule has 1 saturated carbocycles. The molecule has 3 aromatic carbocycles. The summed E-state index contributed by atoms with van der Waals surface area (Å²) in [5, 5.41) is 12.4. The van der Waals surface area contributed by atoms with Crippen LogP contribution in [0.5, 0.6) is 0 Å². The average Bonchev–Trinajstić information content (AvgIpc) is 3.55. The van der Waals surface area contributed by atoms with E-state index in [2.05, 4.69) is 79.3 Å². The Balaban J connectivity index is 1.47. The highest BCUT2D eigenvalue weighted by Gasteiger charge is 2.33. The number of fused-ring (bicyclic) bond motifs is 4. The zero-order chi connectivity index (χ0) is 25.8. The van der Waals surface area contributed by atoms with Crippen molar-refractivity contribution in [1.82, 2.24) is 0 Å². The Kier molecular flexibility index (Phi) is 5.59. The van der Waals surface area contributed by atoms with E-state index in [-0.39, 0.29) is 0 Å². The first-order chi connectivity index (χ1) is 18.7. The van der Waals surface area contributed by atoms with Crippen molar-refractivity contribution in [2.75, 3.05) is 0 Å². The van der Waals surface area contributed by atoms with E-state index in [0.29, 0.717) is 11.5 Å². The Hall–Kier alpha value is -3.90. The lowest BCUT2D eigenvalue weighted by molar-refractivity contribution is -0.660. The molecule has 188 valence electrons. The lowest BCUT2D eigenvalue weighted by Crippen LogP contribution is -2.30. The van der Waals surface area contributed by atoms with Gasteiger partial charge in [0.2, 0.25) is 5.69 Å². The number of benzene rings is 3. The number of hydrogen-bond donors (Lipinski definition) is 0. The fourth-order valence-electron chi connectivity index (χ4n) is 7.41. The van der Waals surface area contributed by atoms with Gasteiger partial charge in [0.25, 0.3) is 0 Å². The predicted molar refractivity (Wildman–Crippen MR) is 153 cm³/mol. The monoisotopic (exact) mass is 497 g/mol. The minimum atomic E-state index is 0.651. The van der Waals surface area contributed by atoms with E-state index in [1.165, 1.54) is 60.8 Å². The summed E-state index contributed by atoms with van der Waals surface area (Å²) in [6.07, 6.45) is 11.2. The molecule has 1 fully saturated rings. The van der Waals surface area contributed by atoms with Gasteiger partial charge in [-0.15, -0.1) is 0 Å². The Morgan fingerprint density at radius 1 is 0.842 bits per heavy atom. The first kappa shape index (κ1) is 23.2. The second-order valence-corrected chi connectivity index (χ2v) is 11.3. The molecule has 7 rings (SSSR count). The van der Waals surface area contributed by atoms with E-state index >= 15 is 0 Å². The molecule has 3 nitrogen and oxygen atoms in total. The van der Waals surface area contributed by atoms with Gasteiger partial charge in [0.1, 0.15) is 18.2 Å². The van der Waals surface area contributed by atoms with Crippen LogP contribution in [0.1, 0.15) is 66.7 Å². The number of rotatable bonds is 3. The van der Waals surface area contributed by atoms with Crippen molar-refractivity contribution in [3.63, 3.8) is 0 Å². The zero-order valence-corrected chi connectivity index (χ0v) is 22.3. The minimum absolute atomic E-state index is 0.651. The first-order valence-electron chi connectivity index (χ1n) is 14.1. The van der Waals surface area contributed by atoms with Gasteiger partial charge in [-0.3, -0.25) is 0 Å². The Bertz CT molecular complexity index is 1750. The van der Waals surface area contributed by atoms with Crippen LogP contribution in [0.3, 0.4) is 0 Å². The molecule has 0 aliphatic heterocycles. The Morgan fingerprint density at radius 3 is 2.42 bits per heavy atom. The zero-order valence-electron chi connectivity index (χ0n) is 22.3. The van der Waals surface area contributed by atoms with E-state index in [1.807, 2.05) is 12.1 Å². The summed E-state index contributed by atoms with van der Waals surface area (Å²) in [6, 6.07) is 24.0. The molecule has 5 aromatic rings. The van der Waals surface area contributed by atoms with E-state index in [0.717, 1.165) is 51.1 Å². The molecule has 2 aliphatic carbocycles. The third-order valence-corrected chi connectivity index (χ3v) is 9.25. The minimum Gasteiger partial charge on any atom is -0.454 e. The molecule has 0 bridgehead atoms. The molecule has 0 N–H and O–H groups in total. The number of hydrogen-bond acceptors (Lipinski definition) is 2. The van der Waals surface area contributed by atoms with Crippen LogP contribution in [0, 0.1) is 24.2 Å². The fraction of sp³-hybridized carbons (Fsp3) is 0.314. The molecule has 1 atom stereocenters. The number of nitriles is 1. The van der Waals surface area contributed by atoms with E-state index in [4.69, 9.17) is 4.42 Å². The lowest BCUT2D eigenvalue weighted by atomic mass is 9.77. The number of pyridine rings is 1. The summed E-state index contributed by atoms with van der Waals surface area (Å²) < 4.78 is 8.99. The Labute approximate surface area is 224 Å². The van der Waals surface area contributed by atoms with Crippen LogP contribution in [-0.2, 0) is 13.5 Å². The fourth-order valence-corrected chi connectivity index (χ4v) is 7.41. The maximum atomic E-state index is 10.2. The van der Waals surface area contributed by atoms with Gasteiger partial charge in [-0.1, -0.05) is 49.6 Å². The number of furan rings is 1. The van der Waals surface area contributed by atoms with Crippen LogP contribution in [0.2, 0.25) is 0 Å². The normalized spacial score (nSPS) is 17.7. The predicted octanol–water partition coefficient (Wildman–Crippen LogP) is 8.53. The third-order valence-electron chi connectivity index (χ3n) is 9.25. The van der Waals surface area contributed by atoms with E-state index in [1.54, 1.807) is 0 Å². The van der Waals surface area contributed by atoms with Crippen molar-refractivity contribution >= 4 is 21.9 Å². The second-order valence-electron chi connectivity index (χ2n) is 11.3. The summed E-state index contributed by atoms with van der Waals surface area (Å²) in [6.45, 7) is 2.14. The maximum absolute atomic E-state index is 10.2. The summed E-state index contributed by atoms with van der Waals surface area (Å²) in [4.78, 5) is 0. The quantitative estimate of drug-likeness (QED) is 0.234. The van der Waals surface area contributed by atoms with Crippen molar-refractivity contribution in [3.8, 4) is 28.5 Å². The van der Waals surface area contributed by atoms with Crippen molar-refractivity contribution in [2.45, 2.75) is 57.8 Å². The van der Waals surface area contributed by atoms with E-state index < -0.39 is 0 Å². The standard InChI is InChI=1S/C35H33N2O/c1-22-14-16-29-30-17-15-24(21-36)33(35(30)38-34(29)32(22)31-13-6-7-20-37(31)2)28-12-8-11-26-25(18-19-27(26)28)23-9-4-3-5-10-23/h6-8,11-17,20,23,25H,3-5,9-10,18-19H2,1-2H3/q+1. The van der Waals surface area contributed by atoms with Gasteiger partial charge < -0.3 is 4.42 Å². The number of aryl methyl sites for hydroxylation is 2. The Morgan fingerprint density at radius 2 is 1.63 bits per heavy atom. The van der Waals surface area contributed by atoms with Crippen molar-refractivity contribution in [1.29, 1.82) is 5.26 Å². The van der Waals surface area contributed by atoms with Gasteiger partial charge in [-0.05, 0) is 84.9 Å². The molecule has 38 heavy (non-hydrogen) atoms. The third kappa shape index (κ3) is 3.51. The smallest absolute Gasteiger partial charge is 0.216 e. The molecule has 2 heterocycles. The van der Waals surface area contributed by atoms with Gasteiger partial charge in [-0.2, -0.15) is 5.26 Å². The van der Waals surface area contributed by atoms with Crippen molar-refractivity contribution in [3.05, 3.63) is 89.1 Å². The molecule has 2 aromatic heterocycles. The van der Waals surface area contributed by atoms with Crippen LogP contribution in [0.25, 0.3) is 44.3 Å². The molecule has 2 aliphatic rings. The van der Waals surface area contributed by atoms with Crippen LogP contribution in [-0.4, -0.2) is 0 Å². The molecular weight excluding hydrogens is 464 g/mol. The summed E-state index contributed by atoms with van der Waals surface area (Å²) in [5.41, 5.74) is 10.9. The maximum Gasteiger partial charge on any atom is 0.216 e. The van der Waals surface area contributed by atoms with Gasteiger partial charge in [0, 0.05) is 28.5 Å². The largest absolute Gasteiger partial charge is 0.454 e. The van der Waals surface area contributed by atoms with Gasteiger partial charge in [0.15, 0.2) is 6.20 Å². The van der Waals surface area contributed by atoms with Gasteiger partial charge >= 0.3 is 0 Å². The average molecular weight is 498 g/mol. The number of nitrogens with zero attached hydrogens (tertiary/aromatic N) is 2.